The Morgan fingerprint density at radius 3 is 2.50 bits per heavy atom. The van der Waals surface area contributed by atoms with Gasteiger partial charge in [-0.05, 0) is 38.9 Å². The Morgan fingerprint density at radius 1 is 1.39 bits per heavy atom. The van der Waals surface area contributed by atoms with Crippen LogP contribution in [0.5, 0.6) is 0 Å². The number of rotatable bonds is 6. The number of ether oxygens (including phenoxy) is 1. The quantitative estimate of drug-likeness (QED) is 0.836. The van der Waals surface area contributed by atoms with Gasteiger partial charge in [-0.15, -0.1) is 0 Å². The topological polar surface area (TPSA) is 55.6 Å². The molecule has 0 aliphatic heterocycles. The molecule has 1 atom stereocenters. The van der Waals surface area contributed by atoms with Crippen molar-refractivity contribution in [3.8, 4) is 0 Å². The highest BCUT2D eigenvalue weighted by Crippen LogP contribution is 2.17. The van der Waals surface area contributed by atoms with Gasteiger partial charge in [0.05, 0.1) is 0 Å². The zero-order chi connectivity index (χ0) is 13.5. The van der Waals surface area contributed by atoms with Crippen molar-refractivity contribution in [3.63, 3.8) is 0 Å². The summed E-state index contributed by atoms with van der Waals surface area (Å²) in [5, 5.41) is 0. The van der Waals surface area contributed by atoms with Gasteiger partial charge in [-0.1, -0.05) is 17.7 Å². The predicted molar refractivity (Wildman–Crippen MR) is 73.7 cm³/mol. The molecular formula is C14H22N2O2. The van der Waals surface area contributed by atoms with E-state index in [0.29, 0.717) is 13.1 Å². The van der Waals surface area contributed by atoms with Crippen molar-refractivity contribution in [1.29, 1.82) is 0 Å². The number of aryl methyl sites for hydroxylation is 1. The predicted octanol–water partition coefficient (Wildman–Crippen LogP) is 1.71. The number of hydrogen-bond acceptors (Lipinski definition) is 3. The number of benzene rings is 1. The monoisotopic (exact) mass is 250 g/mol. The lowest BCUT2D eigenvalue weighted by Crippen LogP contribution is -2.40. The van der Waals surface area contributed by atoms with Gasteiger partial charge >= 0.3 is 0 Å². The van der Waals surface area contributed by atoms with E-state index in [1.807, 2.05) is 31.2 Å². The van der Waals surface area contributed by atoms with E-state index in [0.717, 1.165) is 12.1 Å². The first-order chi connectivity index (χ1) is 8.60. The Labute approximate surface area is 109 Å². The van der Waals surface area contributed by atoms with Crippen LogP contribution in [-0.2, 0) is 9.53 Å². The normalized spacial score (nSPS) is 12.2. The molecule has 1 aromatic rings. The zero-order valence-corrected chi connectivity index (χ0v) is 11.3. The maximum atomic E-state index is 12.2. The second-order valence-corrected chi connectivity index (χ2v) is 4.35. The van der Waals surface area contributed by atoms with E-state index in [-0.39, 0.29) is 5.91 Å². The highest BCUT2D eigenvalue weighted by Gasteiger charge is 2.21. The molecule has 0 saturated heterocycles. The third kappa shape index (κ3) is 3.82. The summed E-state index contributed by atoms with van der Waals surface area (Å²) in [7, 11) is 1.54. The maximum Gasteiger partial charge on any atom is 0.255 e. The third-order valence-corrected chi connectivity index (χ3v) is 2.90. The van der Waals surface area contributed by atoms with Gasteiger partial charge in [0.2, 0.25) is 0 Å². The van der Waals surface area contributed by atoms with Crippen molar-refractivity contribution in [2.75, 3.05) is 25.1 Å². The van der Waals surface area contributed by atoms with Gasteiger partial charge in [0.25, 0.3) is 5.91 Å². The summed E-state index contributed by atoms with van der Waals surface area (Å²) in [6, 6.07) is 7.89. The Hall–Kier alpha value is -1.39. The molecule has 1 aromatic carbocycles. The molecule has 0 bridgehead atoms. The Morgan fingerprint density at radius 2 is 2.00 bits per heavy atom. The van der Waals surface area contributed by atoms with Crippen LogP contribution in [0.15, 0.2) is 24.3 Å². The Balaban J connectivity index is 2.90. The van der Waals surface area contributed by atoms with Gasteiger partial charge in [0.1, 0.15) is 6.10 Å². The maximum absolute atomic E-state index is 12.2. The first-order valence-corrected chi connectivity index (χ1v) is 6.21. The van der Waals surface area contributed by atoms with E-state index in [1.54, 1.807) is 18.9 Å². The van der Waals surface area contributed by atoms with E-state index in [1.165, 1.54) is 5.56 Å². The van der Waals surface area contributed by atoms with Crippen LogP contribution in [0, 0.1) is 6.92 Å². The zero-order valence-electron chi connectivity index (χ0n) is 11.3. The molecule has 0 spiro atoms. The molecular weight excluding hydrogens is 228 g/mol. The molecule has 0 aliphatic rings. The Kier molecular flexibility index (Phi) is 5.82. The van der Waals surface area contributed by atoms with Crippen LogP contribution in [0.2, 0.25) is 0 Å². The fraction of sp³-hybridized carbons (Fsp3) is 0.500. The van der Waals surface area contributed by atoms with Crippen LogP contribution < -0.4 is 10.6 Å². The van der Waals surface area contributed by atoms with Crippen molar-refractivity contribution in [2.24, 2.45) is 5.73 Å². The average Bonchev–Trinajstić information content (AvgIpc) is 2.39. The molecule has 18 heavy (non-hydrogen) atoms. The minimum atomic E-state index is -0.441. The van der Waals surface area contributed by atoms with Crippen molar-refractivity contribution in [1.82, 2.24) is 0 Å². The summed E-state index contributed by atoms with van der Waals surface area (Å²) >= 11 is 0. The van der Waals surface area contributed by atoms with E-state index >= 15 is 0 Å². The van der Waals surface area contributed by atoms with Crippen molar-refractivity contribution in [3.05, 3.63) is 29.8 Å². The summed E-state index contributed by atoms with van der Waals surface area (Å²) in [6.07, 6.45) is 0.333. The van der Waals surface area contributed by atoms with E-state index in [9.17, 15) is 4.79 Å². The van der Waals surface area contributed by atoms with Crippen LogP contribution in [0.3, 0.4) is 0 Å². The third-order valence-electron chi connectivity index (χ3n) is 2.90. The lowest BCUT2D eigenvalue weighted by atomic mass is 10.2. The molecule has 4 nitrogen and oxygen atoms in total. The van der Waals surface area contributed by atoms with Crippen LogP contribution in [0.25, 0.3) is 0 Å². The average molecular weight is 250 g/mol. The van der Waals surface area contributed by atoms with Gasteiger partial charge in [0.15, 0.2) is 0 Å². The number of carbonyl (C=O) groups excluding carboxylic acids is 1. The first kappa shape index (κ1) is 14.7. The molecule has 0 radical (unpaired) electrons. The van der Waals surface area contributed by atoms with Gasteiger partial charge in [-0.2, -0.15) is 0 Å². The van der Waals surface area contributed by atoms with Crippen LogP contribution in [0.1, 0.15) is 18.9 Å². The van der Waals surface area contributed by atoms with Crippen LogP contribution >= 0.6 is 0 Å². The van der Waals surface area contributed by atoms with Gasteiger partial charge in [-0.3, -0.25) is 4.79 Å². The second-order valence-electron chi connectivity index (χ2n) is 4.35. The summed E-state index contributed by atoms with van der Waals surface area (Å²) in [6.45, 7) is 4.96. The number of nitrogens with two attached hydrogens (primary N) is 1. The number of carbonyl (C=O) groups is 1. The number of hydrogen-bond donors (Lipinski definition) is 1. The second kappa shape index (κ2) is 7.13. The summed E-state index contributed by atoms with van der Waals surface area (Å²) in [5.74, 6) is -0.0326. The highest BCUT2D eigenvalue weighted by atomic mass is 16.5. The SMILES string of the molecule is COC(C)C(=O)N(CCCN)c1ccc(C)cc1. The van der Waals surface area contributed by atoms with Crippen LogP contribution in [0.4, 0.5) is 5.69 Å². The fourth-order valence-corrected chi connectivity index (χ4v) is 1.66. The lowest BCUT2D eigenvalue weighted by Gasteiger charge is -2.25. The van der Waals surface area contributed by atoms with Gasteiger partial charge in [-0.25, -0.2) is 0 Å². The van der Waals surface area contributed by atoms with Crippen molar-refractivity contribution in [2.45, 2.75) is 26.4 Å². The lowest BCUT2D eigenvalue weighted by molar-refractivity contribution is -0.127. The minimum Gasteiger partial charge on any atom is -0.372 e. The Bertz CT molecular complexity index is 376. The van der Waals surface area contributed by atoms with E-state index in [4.69, 9.17) is 10.5 Å². The molecule has 0 aliphatic carbocycles. The number of methoxy groups -OCH3 is 1. The number of anilines is 1. The fourth-order valence-electron chi connectivity index (χ4n) is 1.66. The highest BCUT2D eigenvalue weighted by molar-refractivity contribution is 5.96. The molecule has 0 aromatic heterocycles. The number of nitrogens with zero attached hydrogens (tertiary/aromatic N) is 1. The van der Waals surface area contributed by atoms with Gasteiger partial charge in [0, 0.05) is 19.3 Å². The molecule has 0 heterocycles. The standard InChI is InChI=1S/C14H22N2O2/c1-11-5-7-13(8-6-11)16(10-4-9-15)14(17)12(2)18-3/h5-8,12H,4,9-10,15H2,1-3H3. The molecule has 0 fully saturated rings. The van der Waals surface area contributed by atoms with Crippen LogP contribution in [-0.4, -0.2) is 32.2 Å². The molecule has 0 saturated carbocycles. The van der Waals surface area contributed by atoms with Crippen molar-refractivity contribution < 1.29 is 9.53 Å². The van der Waals surface area contributed by atoms with E-state index in [2.05, 4.69) is 0 Å². The molecule has 2 N–H and O–H groups in total. The summed E-state index contributed by atoms with van der Waals surface area (Å²) in [4.78, 5) is 14.0. The largest absolute Gasteiger partial charge is 0.372 e. The first-order valence-electron chi connectivity index (χ1n) is 6.21. The molecule has 1 unspecified atom stereocenters. The molecule has 100 valence electrons. The molecule has 4 heteroatoms. The summed E-state index contributed by atoms with van der Waals surface area (Å²) < 4.78 is 5.10. The smallest absolute Gasteiger partial charge is 0.255 e. The molecule has 1 rings (SSSR count). The summed E-state index contributed by atoms with van der Waals surface area (Å²) in [5.41, 5.74) is 7.58. The molecule has 1 amide bonds. The van der Waals surface area contributed by atoms with E-state index < -0.39 is 6.10 Å². The van der Waals surface area contributed by atoms with Gasteiger partial charge < -0.3 is 15.4 Å². The minimum absolute atomic E-state index is 0.0326. The van der Waals surface area contributed by atoms with Crippen molar-refractivity contribution >= 4 is 11.6 Å². The number of amides is 1.